The fourth-order valence-electron chi connectivity index (χ4n) is 1.96. The summed E-state index contributed by atoms with van der Waals surface area (Å²) in [6.45, 7) is 2.47. The Morgan fingerprint density at radius 3 is 2.33 bits per heavy atom. The highest BCUT2D eigenvalue weighted by Crippen LogP contribution is 2.20. The summed E-state index contributed by atoms with van der Waals surface area (Å²) >= 11 is 0. The van der Waals surface area contributed by atoms with Crippen molar-refractivity contribution in [3.8, 4) is 5.75 Å². The lowest BCUT2D eigenvalue weighted by Crippen LogP contribution is -2.02. The van der Waals surface area contributed by atoms with Crippen molar-refractivity contribution in [2.24, 2.45) is 0 Å². The molecular formula is C18H21NO2. The maximum atomic E-state index is 11.2. The zero-order chi connectivity index (χ0) is 14.9. The van der Waals surface area contributed by atoms with Gasteiger partial charge in [-0.1, -0.05) is 25.1 Å². The molecule has 1 N–H and O–H groups in total. The minimum absolute atomic E-state index is 0.293. The van der Waals surface area contributed by atoms with Crippen LogP contribution in [0.2, 0.25) is 0 Å². The maximum absolute atomic E-state index is 11.2. The van der Waals surface area contributed by atoms with Gasteiger partial charge in [0.2, 0.25) is 0 Å². The summed E-state index contributed by atoms with van der Waals surface area (Å²) in [5, 5.41) is 3.32. The molecule has 3 heteroatoms. The van der Waals surface area contributed by atoms with Crippen LogP contribution >= 0.6 is 0 Å². The monoisotopic (exact) mass is 283 g/mol. The van der Waals surface area contributed by atoms with Crippen molar-refractivity contribution in [1.29, 1.82) is 0 Å². The van der Waals surface area contributed by atoms with E-state index in [0.717, 1.165) is 23.5 Å². The third kappa shape index (κ3) is 5.30. The van der Waals surface area contributed by atoms with Gasteiger partial charge >= 0.3 is 0 Å². The van der Waals surface area contributed by atoms with Crippen LogP contribution in [0.3, 0.4) is 0 Å². The van der Waals surface area contributed by atoms with Gasteiger partial charge in [-0.3, -0.25) is 4.79 Å². The molecule has 0 aromatic heterocycles. The third-order valence-corrected chi connectivity index (χ3v) is 3.18. The first-order valence-corrected chi connectivity index (χ1v) is 7.34. The normalized spacial score (nSPS) is 10.1. The van der Waals surface area contributed by atoms with Crippen molar-refractivity contribution in [2.75, 3.05) is 11.9 Å². The van der Waals surface area contributed by atoms with E-state index in [1.807, 2.05) is 61.5 Å². The summed E-state index contributed by atoms with van der Waals surface area (Å²) in [6, 6.07) is 17.9. The van der Waals surface area contributed by atoms with Crippen LogP contribution in [0.4, 0.5) is 11.4 Å². The molecule has 110 valence electrons. The van der Waals surface area contributed by atoms with Crippen LogP contribution in [-0.4, -0.2) is 12.4 Å². The van der Waals surface area contributed by atoms with E-state index in [-0.39, 0.29) is 0 Å². The van der Waals surface area contributed by atoms with Crippen molar-refractivity contribution >= 4 is 17.2 Å². The molecule has 0 unspecified atom stereocenters. The average Bonchev–Trinajstić information content (AvgIpc) is 2.54. The van der Waals surface area contributed by atoms with Gasteiger partial charge in [0.15, 0.2) is 0 Å². The van der Waals surface area contributed by atoms with Crippen molar-refractivity contribution in [3.05, 3.63) is 54.6 Å². The predicted octanol–water partition coefficient (Wildman–Crippen LogP) is 4.57. The Hall–Kier alpha value is -2.29. The lowest BCUT2D eigenvalue weighted by molar-refractivity contribution is -0.118. The van der Waals surface area contributed by atoms with Crippen LogP contribution < -0.4 is 10.1 Å². The minimum atomic E-state index is 0.293. The van der Waals surface area contributed by atoms with Gasteiger partial charge in [-0.2, -0.15) is 0 Å². The molecule has 0 spiro atoms. The van der Waals surface area contributed by atoms with Crippen LogP contribution in [0, 0.1) is 0 Å². The maximum Gasteiger partial charge on any atom is 0.132 e. The highest BCUT2D eigenvalue weighted by atomic mass is 16.5. The average molecular weight is 283 g/mol. The molecular weight excluding hydrogens is 262 g/mol. The van der Waals surface area contributed by atoms with E-state index >= 15 is 0 Å². The van der Waals surface area contributed by atoms with E-state index < -0.39 is 0 Å². The van der Waals surface area contributed by atoms with Crippen molar-refractivity contribution in [1.82, 2.24) is 0 Å². The standard InChI is InChI=1S/C18H21NO2/c1-2-17(20)9-6-14-21-18-12-10-16(11-13-18)19-15-7-4-3-5-8-15/h3-5,7-8,10-13,19H,2,6,9,14H2,1H3. The number of anilines is 2. The third-order valence-electron chi connectivity index (χ3n) is 3.18. The number of rotatable bonds is 8. The first-order chi connectivity index (χ1) is 10.3. The zero-order valence-corrected chi connectivity index (χ0v) is 12.3. The Labute approximate surface area is 126 Å². The molecule has 3 nitrogen and oxygen atoms in total. The number of hydrogen-bond acceptors (Lipinski definition) is 3. The number of Topliss-reactive ketones (excluding diaryl/α,β-unsaturated/α-hetero) is 1. The molecule has 0 radical (unpaired) electrons. The van der Waals surface area contributed by atoms with Crippen molar-refractivity contribution in [3.63, 3.8) is 0 Å². The summed E-state index contributed by atoms with van der Waals surface area (Å²) in [7, 11) is 0. The predicted molar refractivity (Wildman–Crippen MR) is 86.2 cm³/mol. The Morgan fingerprint density at radius 1 is 1.00 bits per heavy atom. The van der Waals surface area contributed by atoms with E-state index in [9.17, 15) is 4.79 Å². The fourth-order valence-corrected chi connectivity index (χ4v) is 1.96. The van der Waals surface area contributed by atoms with Crippen LogP contribution in [0.5, 0.6) is 5.75 Å². The second kappa shape index (κ2) is 8.10. The van der Waals surface area contributed by atoms with Crippen LogP contribution in [0.1, 0.15) is 26.2 Å². The number of carbonyl (C=O) groups is 1. The largest absolute Gasteiger partial charge is 0.494 e. The molecule has 0 aliphatic heterocycles. The summed E-state index contributed by atoms with van der Waals surface area (Å²) < 4.78 is 5.63. The van der Waals surface area contributed by atoms with E-state index in [1.54, 1.807) is 0 Å². The van der Waals surface area contributed by atoms with Gasteiger partial charge in [0.25, 0.3) is 0 Å². The summed E-state index contributed by atoms with van der Waals surface area (Å²) in [5.41, 5.74) is 2.08. The number of ether oxygens (including phenoxy) is 1. The summed E-state index contributed by atoms with van der Waals surface area (Å²) in [5.74, 6) is 1.12. The number of nitrogens with one attached hydrogen (secondary N) is 1. The fraction of sp³-hybridized carbons (Fsp3) is 0.278. The molecule has 0 saturated carbocycles. The van der Waals surface area contributed by atoms with E-state index in [0.29, 0.717) is 25.2 Å². The molecule has 0 amide bonds. The molecule has 0 heterocycles. The Morgan fingerprint density at radius 2 is 1.67 bits per heavy atom. The van der Waals surface area contributed by atoms with Crippen molar-refractivity contribution < 1.29 is 9.53 Å². The summed E-state index contributed by atoms with van der Waals surface area (Å²) in [6.07, 6.45) is 1.99. The Kier molecular flexibility index (Phi) is 5.83. The molecule has 2 aromatic carbocycles. The molecule has 2 aromatic rings. The highest BCUT2D eigenvalue weighted by molar-refractivity contribution is 5.77. The molecule has 0 atom stereocenters. The highest BCUT2D eigenvalue weighted by Gasteiger charge is 1.99. The van der Waals surface area contributed by atoms with Gasteiger partial charge in [0.1, 0.15) is 11.5 Å². The first kappa shape index (κ1) is 15.1. The number of hydrogen-bond donors (Lipinski definition) is 1. The Balaban J connectivity index is 1.78. The van der Waals surface area contributed by atoms with Crippen LogP contribution in [-0.2, 0) is 4.79 Å². The number of para-hydroxylation sites is 1. The number of benzene rings is 2. The minimum Gasteiger partial charge on any atom is -0.494 e. The van der Waals surface area contributed by atoms with E-state index in [2.05, 4.69) is 5.32 Å². The quantitative estimate of drug-likeness (QED) is 0.721. The van der Waals surface area contributed by atoms with Crippen LogP contribution in [0.25, 0.3) is 0 Å². The molecule has 0 aliphatic carbocycles. The topological polar surface area (TPSA) is 38.3 Å². The zero-order valence-electron chi connectivity index (χ0n) is 12.3. The second-order valence-corrected chi connectivity index (χ2v) is 4.86. The second-order valence-electron chi connectivity index (χ2n) is 4.86. The van der Waals surface area contributed by atoms with Gasteiger partial charge in [-0.05, 0) is 42.8 Å². The molecule has 0 saturated heterocycles. The SMILES string of the molecule is CCC(=O)CCCOc1ccc(Nc2ccccc2)cc1. The lowest BCUT2D eigenvalue weighted by Gasteiger charge is -2.09. The van der Waals surface area contributed by atoms with Crippen LogP contribution in [0.15, 0.2) is 54.6 Å². The number of ketones is 1. The van der Waals surface area contributed by atoms with E-state index in [1.165, 1.54) is 0 Å². The first-order valence-electron chi connectivity index (χ1n) is 7.34. The van der Waals surface area contributed by atoms with Gasteiger partial charge in [0, 0.05) is 24.2 Å². The lowest BCUT2D eigenvalue weighted by atomic mass is 10.2. The molecule has 0 aliphatic rings. The molecule has 0 fully saturated rings. The Bertz CT molecular complexity index is 549. The molecule has 2 rings (SSSR count). The van der Waals surface area contributed by atoms with Crippen molar-refractivity contribution in [2.45, 2.75) is 26.2 Å². The number of carbonyl (C=O) groups excluding carboxylic acids is 1. The van der Waals surface area contributed by atoms with E-state index in [4.69, 9.17) is 4.74 Å². The molecule has 21 heavy (non-hydrogen) atoms. The van der Waals surface area contributed by atoms with Gasteiger partial charge in [-0.25, -0.2) is 0 Å². The smallest absolute Gasteiger partial charge is 0.132 e. The van der Waals surface area contributed by atoms with Gasteiger partial charge in [-0.15, -0.1) is 0 Å². The van der Waals surface area contributed by atoms with Gasteiger partial charge < -0.3 is 10.1 Å². The summed E-state index contributed by atoms with van der Waals surface area (Å²) in [4.78, 5) is 11.2. The molecule has 0 bridgehead atoms. The van der Waals surface area contributed by atoms with Gasteiger partial charge in [0.05, 0.1) is 6.61 Å².